The molecule has 0 aromatic rings. The summed E-state index contributed by atoms with van der Waals surface area (Å²) in [6.07, 6.45) is 0. The molecular weight excluding hydrogens is 100.0 g/mol. The van der Waals surface area contributed by atoms with Crippen molar-refractivity contribution in [3.05, 3.63) is 0 Å². The van der Waals surface area contributed by atoms with E-state index >= 15 is 0 Å². The minimum atomic E-state index is -5.11. The van der Waals surface area contributed by atoms with Crippen LogP contribution in [-0.4, -0.2) is 6.66 Å². The van der Waals surface area contributed by atoms with Gasteiger partial charge in [0.1, 0.15) is 0 Å². The second-order valence-corrected chi connectivity index (χ2v) is 2.34. The van der Waals surface area contributed by atoms with Crippen LogP contribution in [0.15, 0.2) is 0 Å². The van der Waals surface area contributed by atoms with Gasteiger partial charge in [-0.1, -0.05) is 0 Å². The molecule has 34 valence electrons. The third-order valence-electron chi connectivity index (χ3n) is 0. The maximum absolute atomic E-state index is 10.5. The topological polar surface area (TPSA) is 0 Å². The van der Waals surface area contributed by atoms with Gasteiger partial charge in [-0.2, -0.15) is 0 Å². The normalized spacial score (nSPS) is 15.2. The molecule has 4 heteroatoms. The Bertz CT molecular complexity index is 22.4. The first kappa shape index (κ1) is 5.22. The van der Waals surface area contributed by atoms with Crippen molar-refractivity contribution in [1.82, 2.24) is 0 Å². The van der Waals surface area contributed by atoms with E-state index in [0.717, 1.165) is 0 Å². The van der Waals surface area contributed by atoms with Crippen LogP contribution in [0.25, 0.3) is 0 Å². The van der Waals surface area contributed by atoms with Crippen molar-refractivity contribution < 1.29 is 12.6 Å². The zero-order chi connectivity index (χ0) is 4.50. The fourth-order valence-electron chi connectivity index (χ4n) is 0. The van der Waals surface area contributed by atoms with Gasteiger partial charge in [-0.05, 0) is 0 Å². The Labute approximate surface area is 28.7 Å². The summed E-state index contributed by atoms with van der Waals surface area (Å²) in [5, 5.41) is 0. The second-order valence-electron chi connectivity index (χ2n) is 0.781. The molecule has 0 saturated heterocycles. The van der Waals surface area contributed by atoms with E-state index in [1.165, 1.54) is 0 Å². The van der Waals surface area contributed by atoms with E-state index in [1.807, 2.05) is 0 Å². The number of hydrogen-bond acceptors (Lipinski definition) is 0. The van der Waals surface area contributed by atoms with Crippen LogP contribution in [0.4, 0.5) is 12.6 Å². The Hall–Kier alpha value is 0.220. The van der Waals surface area contributed by atoms with Crippen LogP contribution < -0.4 is 0 Å². The van der Waals surface area contributed by atoms with Gasteiger partial charge in [0.15, 0.2) is 0 Å². The van der Waals surface area contributed by atoms with Gasteiger partial charge < -0.3 is 0 Å². The zero-order valence-corrected chi connectivity index (χ0v) is 3.63. The zero-order valence-electron chi connectivity index (χ0n) is 2.63. The van der Waals surface area contributed by atoms with Gasteiger partial charge in [-0.25, -0.2) is 0 Å². The molecular formula is CH4F3P. The summed E-state index contributed by atoms with van der Waals surface area (Å²) in [6, 6.07) is 0. The van der Waals surface area contributed by atoms with E-state index in [9.17, 15) is 12.6 Å². The molecule has 0 radical (unpaired) electrons. The molecule has 0 rings (SSSR count). The van der Waals surface area contributed by atoms with Gasteiger partial charge in [0.2, 0.25) is 0 Å². The predicted octanol–water partition coefficient (Wildman–Crippen LogP) is 2.02. The average molecular weight is 104 g/mol. The molecule has 0 N–H and O–H groups in total. The summed E-state index contributed by atoms with van der Waals surface area (Å²) in [6.45, 7) is 0.326. The van der Waals surface area contributed by atoms with Crippen LogP contribution in [-0.2, 0) is 0 Å². The van der Waals surface area contributed by atoms with Crippen molar-refractivity contribution in [3.8, 4) is 0 Å². The molecule has 0 aliphatic rings. The quantitative estimate of drug-likeness (QED) is 0.412. The van der Waals surface area contributed by atoms with Crippen LogP contribution in [0.5, 0.6) is 0 Å². The van der Waals surface area contributed by atoms with Gasteiger partial charge in [-0.3, -0.25) is 0 Å². The van der Waals surface area contributed by atoms with Crippen molar-refractivity contribution in [3.63, 3.8) is 0 Å². The molecule has 0 saturated carbocycles. The molecule has 0 spiro atoms. The molecule has 0 unspecified atom stereocenters. The third-order valence-corrected chi connectivity index (χ3v) is 0. The molecule has 0 bridgehead atoms. The van der Waals surface area contributed by atoms with E-state index in [-0.39, 0.29) is 0 Å². The average Bonchev–Trinajstić information content (AvgIpc) is 0.722. The summed E-state index contributed by atoms with van der Waals surface area (Å²) in [7, 11) is -5.11. The Kier molecular flexibility index (Phi) is 1.18. The van der Waals surface area contributed by atoms with Gasteiger partial charge >= 0.3 is 27.5 Å². The number of halogens is 3. The van der Waals surface area contributed by atoms with E-state index in [2.05, 4.69) is 0 Å². The Balaban J connectivity index is 3.02. The first-order valence-electron chi connectivity index (χ1n) is 1.07. The Morgan fingerprint density at radius 3 is 1.20 bits per heavy atom. The van der Waals surface area contributed by atoms with Gasteiger partial charge in [0.05, 0.1) is 0 Å². The van der Waals surface area contributed by atoms with Gasteiger partial charge in [0, 0.05) is 0 Å². The van der Waals surface area contributed by atoms with Crippen molar-refractivity contribution in [2.24, 2.45) is 0 Å². The summed E-state index contributed by atoms with van der Waals surface area (Å²) in [5.74, 6) is 0. The van der Waals surface area contributed by atoms with Crippen LogP contribution >= 0.6 is 8.19 Å². The Morgan fingerprint density at radius 1 is 1.20 bits per heavy atom. The van der Waals surface area contributed by atoms with Crippen molar-refractivity contribution in [2.75, 3.05) is 6.66 Å². The summed E-state index contributed by atoms with van der Waals surface area (Å²) in [5.41, 5.74) is 0. The molecule has 0 aromatic carbocycles. The van der Waals surface area contributed by atoms with Gasteiger partial charge in [-0.15, -0.1) is 0 Å². The van der Waals surface area contributed by atoms with Crippen molar-refractivity contribution in [1.29, 1.82) is 0 Å². The molecule has 0 fully saturated rings. The molecule has 0 aliphatic carbocycles. The van der Waals surface area contributed by atoms with Crippen LogP contribution in [0.2, 0.25) is 0 Å². The van der Waals surface area contributed by atoms with E-state index in [1.54, 1.807) is 0 Å². The Morgan fingerprint density at radius 2 is 1.20 bits per heavy atom. The van der Waals surface area contributed by atoms with E-state index in [4.69, 9.17) is 0 Å². The van der Waals surface area contributed by atoms with Crippen LogP contribution in [0.1, 0.15) is 0 Å². The number of rotatable bonds is 0. The van der Waals surface area contributed by atoms with Crippen molar-refractivity contribution >= 4 is 8.19 Å². The second kappa shape index (κ2) is 1.13. The standard InChI is InChI=1S/CH4F3P/c1-5(2,3)4/h5H,1H3. The molecule has 0 aliphatic heterocycles. The van der Waals surface area contributed by atoms with Crippen LogP contribution in [0, 0.1) is 0 Å². The fourth-order valence-corrected chi connectivity index (χ4v) is 0. The summed E-state index contributed by atoms with van der Waals surface area (Å²) >= 11 is 0. The molecule has 0 heterocycles. The molecule has 5 heavy (non-hydrogen) atoms. The molecule has 0 atom stereocenters. The van der Waals surface area contributed by atoms with Crippen molar-refractivity contribution in [2.45, 2.75) is 0 Å². The minimum absolute atomic E-state index is 0.326. The van der Waals surface area contributed by atoms with E-state index < -0.39 is 8.19 Å². The summed E-state index contributed by atoms with van der Waals surface area (Å²) < 4.78 is 31.5. The third kappa shape index (κ3) is 430. The monoisotopic (exact) mass is 104 g/mol. The molecule has 0 nitrogen and oxygen atoms in total. The molecule has 0 aromatic heterocycles. The first-order chi connectivity index (χ1) is 2.00. The summed E-state index contributed by atoms with van der Waals surface area (Å²) in [4.78, 5) is 0. The molecule has 0 amide bonds. The van der Waals surface area contributed by atoms with Gasteiger partial charge in [0.25, 0.3) is 0 Å². The van der Waals surface area contributed by atoms with Crippen LogP contribution in [0.3, 0.4) is 0 Å². The maximum atomic E-state index is 10.5. The fraction of sp³-hybridized carbons (Fsp3) is 1.00. The SMILES string of the molecule is C[PH](F)(F)F. The predicted molar refractivity (Wildman–Crippen MR) is 17.6 cm³/mol. The first-order valence-corrected chi connectivity index (χ1v) is 3.20. The number of hydrogen-bond donors (Lipinski definition) is 0. The van der Waals surface area contributed by atoms with E-state index in [0.29, 0.717) is 6.66 Å².